The van der Waals surface area contributed by atoms with Crippen LogP contribution in [-0.2, 0) is 0 Å². The van der Waals surface area contributed by atoms with Gasteiger partial charge in [-0.05, 0) is 36.8 Å². The molecule has 0 radical (unpaired) electrons. The van der Waals surface area contributed by atoms with E-state index < -0.39 is 0 Å². The first-order valence-corrected chi connectivity index (χ1v) is 5.95. The van der Waals surface area contributed by atoms with E-state index in [1.54, 1.807) is 6.07 Å². The summed E-state index contributed by atoms with van der Waals surface area (Å²) in [5.74, 6) is -0.375. The highest BCUT2D eigenvalue weighted by molar-refractivity contribution is 7.99. The van der Waals surface area contributed by atoms with Gasteiger partial charge in [0.1, 0.15) is 5.82 Å². The van der Waals surface area contributed by atoms with Gasteiger partial charge >= 0.3 is 0 Å². The second-order valence-electron chi connectivity index (χ2n) is 3.65. The molecule has 0 fully saturated rings. The fourth-order valence-corrected chi connectivity index (χ4v) is 2.47. The molecule has 0 atom stereocenters. The molecule has 1 nitrogen and oxygen atoms in total. The molecule has 0 bridgehead atoms. The predicted molar refractivity (Wildman–Crippen MR) is 66.4 cm³/mol. The molecule has 0 saturated carbocycles. The van der Waals surface area contributed by atoms with E-state index in [1.165, 1.54) is 23.9 Å². The van der Waals surface area contributed by atoms with Gasteiger partial charge in [0.25, 0.3) is 0 Å². The third-order valence-corrected chi connectivity index (χ3v) is 3.47. The van der Waals surface area contributed by atoms with Crippen molar-refractivity contribution in [1.29, 1.82) is 5.26 Å². The van der Waals surface area contributed by atoms with Gasteiger partial charge in [-0.3, -0.25) is 0 Å². The number of aryl methyl sites for hydroxylation is 1. The monoisotopic (exact) mass is 243 g/mol. The molecular weight excluding hydrogens is 233 g/mol. The quantitative estimate of drug-likeness (QED) is 0.790. The van der Waals surface area contributed by atoms with E-state index in [0.717, 1.165) is 15.4 Å². The molecular formula is C14H10FNS. The zero-order chi connectivity index (χ0) is 12.3. The van der Waals surface area contributed by atoms with Crippen LogP contribution < -0.4 is 0 Å². The Balaban J connectivity index is 2.34. The molecule has 0 aliphatic carbocycles. The van der Waals surface area contributed by atoms with Crippen molar-refractivity contribution in [3.05, 3.63) is 59.4 Å². The van der Waals surface area contributed by atoms with Crippen LogP contribution in [0.2, 0.25) is 0 Å². The maximum absolute atomic E-state index is 13.3. The molecule has 0 heterocycles. The molecule has 0 aliphatic rings. The van der Waals surface area contributed by atoms with Crippen LogP contribution in [0, 0.1) is 24.1 Å². The maximum atomic E-state index is 13.3. The number of halogens is 1. The largest absolute Gasteiger partial charge is 0.207 e. The summed E-state index contributed by atoms with van der Waals surface area (Å²) < 4.78 is 13.3. The van der Waals surface area contributed by atoms with E-state index in [4.69, 9.17) is 5.26 Å². The van der Waals surface area contributed by atoms with Gasteiger partial charge < -0.3 is 0 Å². The molecule has 0 aliphatic heterocycles. The van der Waals surface area contributed by atoms with Crippen LogP contribution in [0.3, 0.4) is 0 Å². The van der Waals surface area contributed by atoms with Crippen molar-refractivity contribution in [2.75, 3.05) is 0 Å². The zero-order valence-corrected chi connectivity index (χ0v) is 10.1. The first-order valence-electron chi connectivity index (χ1n) is 5.13. The Morgan fingerprint density at radius 3 is 2.65 bits per heavy atom. The van der Waals surface area contributed by atoms with Gasteiger partial charge in [0.2, 0.25) is 0 Å². The van der Waals surface area contributed by atoms with E-state index in [9.17, 15) is 4.39 Å². The maximum Gasteiger partial charge on any atom is 0.125 e. The van der Waals surface area contributed by atoms with Crippen LogP contribution in [-0.4, -0.2) is 0 Å². The summed E-state index contributed by atoms with van der Waals surface area (Å²) in [5, 5.41) is 8.78. The van der Waals surface area contributed by atoms with Crippen LogP contribution >= 0.6 is 11.8 Å². The summed E-state index contributed by atoms with van der Waals surface area (Å²) in [6.45, 7) is 2.01. The number of nitriles is 1. The van der Waals surface area contributed by atoms with E-state index >= 15 is 0 Å². The fraction of sp³-hybridized carbons (Fsp3) is 0.0714. The minimum Gasteiger partial charge on any atom is -0.207 e. The van der Waals surface area contributed by atoms with Crippen molar-refractivity contribution in [1.82, 2.24) is 0 Å². The summed E-state index contributed by atoms with van der Waals surface area (Å²) in [5.41, 5.74) is 1.49. The molecule has 0 saturated heterocycles. The van der Waals surface area contributed by atoms with Gasteiger partial charge in [-0.2, -0.15) is 5.26 Å². The molecule has 0 amide bonds. The van der Waals surface area contributed by atoms with E-state index in [1.807, 2.05) is 37.3 Å². The highest BCUT2D eigenvalue weighted by atomic mass is 32.2. The molecule has 2 aromatic rings. The lowest BCUT2D eigenvalue weighted by molar-refractivity contribution is 0.623. The lowest BCUT2D eigenvalue weighted by atomic mass is 10.2. The Labute approximate surface area is 104 Å². The van der Waals surface area contributed by atoms with Crippen LogP contribution in [0.1, 0.15) is 11.1 Å². The molecule has 0 spiro atoms. The zero-order valence-electron chi connectivity index (χ0n) is 9.27. The highest BCUT2D eigenvalue weighted by Crippen LogP contribution is 2.30. The topological polar surface area (TPSA) is 23.8 Å². The Bertz CT molecular complexity index is 587. The van der Waals surface area contributed by atoms with Crippen molar-refractivity contribution in [2.24, 2.45) is 0 Å². The number of rotatable bonds is 2. The predicted octanol–water partition coefficient (Wildman–Crippen LogP) is 4.16. The third-order valence-electron chi connectivity index (χ3n) is 2.32. The Morgan fingerprint density at radius 2 is 1.94 bits per heavy atom. The van der Waals surface area contributed by atoms with Crippen LogP contribution in [0.5, 0.6) is 0 Å². The molecule has 84 valence electrons. The van der Waals surface area contributed by atoms with Crippen molar-refractivity contribution in [3.63, 3.8) is 0 Å². The molecule has 2 aromatic carbocycles. The normalized spacial score (nSPS) is 9.94. The molecule has 0 N–H and O–H groups in total. The molecule has 3 heteroatoms. The molecule has 0 unspecified atom stereocenters. The summed E-state index contributed by atoms with van der Waals surface area (Å²) >= 11 is 1.47. The standard InChI is InChI=1S/C14H10FNS/c1-10-4-2-3-5-14(10)17-13-7-11(9-16)6-12(15)8-13/h2-8H,1H3. The lowest BCUT2D eigenvalue weighted by Gasteiger charge is -2.05. The van der Waals surface area contributed by atoms with Gasteiger partial charge in [0.15, 0.2) is 0 Å². The second-order valence-corrected chi connectivity index (χ2v) is 4.77. The van der Waals surface area contributed by atoms with Crippen molar-refractivity contribution in [2.45, 2.75) is 16.7 Å². The molecule has 17 heavy (non-hydrogen) atoms. The van der Waals surface area contributed by atoms with Crippen LogP contribution in [0.15, 0.2) is 52.3 Å². The van der Waals surface area contributed by atoms with Crippen LogP contribution in [0.25, 0.3) is 0 Å². The first-order chi connectivity index (χ1) is 8.19. The van der Waals surface area contributed by atoms with Gasteiger partial charge in [-0.25, -0.2) is 4.39 Å². The summed E-state index contributed by atoms with van der Waals surface area (Å²) in [7, 11) is 0. The minimum atomic E-state index is -0.375. The Morgan fingerprint density at radius 1 is 1.18 bits per heavy atom. The SMILES string of the molecule is Cc1ccccc1Sc1cc(F)cc(C#N)c1. The van der Waals surface area contributed by atoms with E-state index in [2.05, 4.69) is 0 Å². The van der Waals surface area contributed by atoms with Crippen molar-refractivity contribution in [3.8, 4) is 6.07 Å². The lowest BCUT2D eigenvalue weighted by Crippen LogP contribution is -1.83. The van der Waals surface area contributed by atoms with E-state index in [-0.39, 0.29) is 5.82 Å². The fourth-order valence-electron chi connectivity index (χ4n) is 1.48. The van der Waals surface area contributed by atoms with E-state index in [0.29, 0.717) is 5.56 Å². The number of hydrogen-bond donors (Lipinski definition) is 0. The second kappa shape index (κ2) is 5.03. The minimum absolute atomic E-state index is 0.348. The number of nitrogens with zero attached hydrogens (tertiary/aromatic N) is 1. The summed E-state index contributed by atoms with van der Waals surface area (Å²) in [6, 6.07) is 14.2. The number of hydrogen-bond acceptors (Lipinski definition) is 2. The Hall–Kier alpha value is -1.79. The summed E-state index contributed by atoms with van der Waals surface area (Å²) in [6.07, 6.45) is 0. The van der Waals surface area contributed by atoms with Crippen molar-refractivity contribution < 1.29 is 4.39 Å². The molecule has 0 aromatic heterocycles. The first kappa shape index (κ1) is 11.7. The summed E-state index contributed by atoms with van der Waals surface area (Å²) in [4.78, 5) is 1.82. The van der Waals surface area contributed by atoms with Crippen molar-refractivity contribution >= 4 is 11.8 Å². The van der Waals surface area contributed by atoms with Gasteiger partial charge in [0.05, 0.1) is 11.6 Å². The average Bonchev–Trinajstić information content (AvgIpc) is 2.31. The van der Waals surface area contributed by atoms with Crippen LogP contribution in [0.4, 0.5) is 4.39 Å². The smallest absolute Gasteiger partial charge is 0.125 e. The van der Waals surface area contributed by atoms with Gasteiger partial charge in [-0.15, -0.1) is 0 Å². The van der Waals surface area contributed by atoms with Gasteiger partial charge in [0, 0.05) is 9.79 Å². The molecule has 2 rings (SSSR count). The number of benzene rings is 2. The third kappa shape index (κ3) is 2.86. The average molecular weight is 243 g/mol. The highest BCUT2D eigenvalue weighted by Gasteiger charge is 2.04. The van der Waals surface area contributed by atoms with Gasteiger partial charge in [-0.1, -0.05) is 30.0 Å². The Kier molecular flexibility index (Phi) is 3.46.